The van der Waals surface area contributed by atoms with Crippen molar-refractivity contribution >= 4 is 5.69 Å². The monoisotopic (exact) mass is 207 g/mol. The van der Waals surface area contributed by atoms with Crippen LogP contribution in [-0.2, 0) is 6.42 Å². The van der Waals surface area contributed by atoms with E-state index in [0.29, 0.717) is 6.61 Å². The molecule has 2 rings (SSSR count). The number of hydrogen-bond donors (Lipinski definition) is 1. The number of hydrogen-bond acceptors (Lipinski definition) is 3. The molecule has 1 aromatic carbocycles. The predicted molar refractivity (Wildman–Crippen MR) is 61.0 cm³/mol. The molecule has 0 aromatic heterocycles. The van der Waals surface area contributed by atoms with Gasteiger partial charge in [0.05, 0.1) is 6.61 Å². The first-order chi connectivity index (χ1) is 7.24. The van der Waals surface area contributed by atoms with E-state index in [1.54, 1.807) is 0 Å². The van der Waals surface area contributed by atoms with Crippen molar-refractivity contribution in [3.05, 3.63) is 17.7 Å². The molecule has 0 bridgehead atoms. The summed E-state index contributed by atoms with van der Waals surface area (Å²) in [5.41, 5.74) is 2.37. The molecular weight excluding hydrogens is 190 g/mol. The molecule has 0 saturated carbocycles. The van der Waals surface area contributed by atoms with Gasteiger partial charge in [-0.3, -0.25) is 0 Å². The van der Waals surface area contributed by atoms with Crippen molar-refractivity contribution in [1.29, 1.82) is 0 Å². The molecule has 0 spiro atoms. The van der Waals surface area contributed by atoms with E-state index in [4.69, 9.17) is 9.47 Å². The van der Waals surface area contributed by atoms with Crippen molar-refractivity contribution in [3.8, 4) is 11.5 Å². The van der Waals surface area contributed by atoms with E-state index in [1.807, 2.05) is 26.1 Å². The van der Waals surface area contributed by atoms with E-state index in [2.05, 4.69) is 12.2 Å². The minimum Gasteiger partial charge on any atom is -0.494 e. The minimum absolute atomic E-state index is 0.268. The van der Waals surface area contributed by atoms with E-state index in [-0.39, 0.29) is 6.10 Å². The Balaban J connectivity index is 2.38. The third-order valence-corrected chi connectivity index (χ3v) is 2.58. The van der Waals surface area contributed by atoms with Gasteiger partial charge in [-0.25, -0.2) is 0 Å². The van der Waals surface area contributed by atoms with Crippen LogP contribution in [0.4, 0.5) is 5.69 Å². The van der Waals surface area contributed by atoms with Crippen molar-refractivity contribution in [2.75, 3.05) is 19.0 Å². The molecule has 1 aliphatic heterocycles. The second-order valence-electron chi connectivity index (χ2n) is 3.76. The van der Waals surface area contributed by atoms with Gasteiger partial charge >= 0.3 is 0 Å². The van der Waals surface area contributed by atoms with Gasteiger partial charge in [-0.2, -0.15) is 0 Å². The zero-order chi connectivity index (χ0) is 10.8. The van der Waals surface area contributed by atoms with Crippen LogP contribution in [0.15, 0.2) is 12.1 Å². The first-order valence-corrected chi connectivity index (χ1v) is 5.38. The summed E-state index contributed by atoms with van der Waals surface area (Å²) < 4.78 is 11.2. The molecule has 1 N–H and O–H groups in total. The van der Waals surface area contributed by atoms with Crippen LogP contribution in [0.3, 0.4) is 0 Å². The maximum absolute atomic E-state index is 5.72. The zero-order valence-corrected chi connectivity index (χ0v) is 9.46. The first-order valence-electron chi connectivity index (χ1n) is 5.38. The summed E-state index contributed by atoms with van der Waals surface area (Å²) in [5.74, 6) is 1.83. The maximum Gasteiger partial charge on any atom is 0.128 e. The Bertz CT molecular complexity index is 363. The van der Waals surface area contributed by atoms with Gasteiger partial charge in [0, 0.05) is 36.9 Å². The number of nitrogens with one attached hydrogen (secondary N) is 1. The summed E-state index contributed by atoms with van der Waals surface area (Å²) in [4.78, 5) is 0. The smallest absolute Gasteiger partial charge is 0.128 e. The number of ether oxygens (including phenoxy) is 2. The SMILES string of the molecule is CCOc1cc(NC)c2c(c1)O[C@H](C)C2. The Morgan fingerprint density at radius 3 is 3.00 bits per heavy atom. The van der Waals surface area contributed by atoms with Crippen LogP contribution < -0.4 is 14.8 Å². The second-order valence-corrected chi connectivity index (χ2v) is 3.76. The predicted octanol–water partition coefficient (Wildman–Crippen LogP) is 2.45. The third kappa shape index (κ3) is 1.87. The highest BCUT2D eigenvalue weighted by atomic mass is 16.5. The quantitative estimate of drug-likeness (QED) is 0.825. The van der Waals surface area contributed by atoms with Crippen molar-refractivity contribution in [2.45, 2.75) is 26.4 Å². The van der Waals surface area contributed by atoms with Gasteiger partial charge in [0.2, 0.25) is 0 Å². The summed E-state index contributed by atoms with van der Waals surface area (Å²) in [7, 11) is 1.92. The van der Waals surface area contributed by atoms with Gasteiger partial charge in [0.15, 0.2) is 0 Å². The fraction of sp³-hybridized carbons (Fsp3) is 0.500. The van der Waals surface area contributed by atoms with Gasteiger partial charge in [0.1, 0.15) is 17.6 Å². The average Bonchev–Trinajstić information content (AvgIpc) is 2.57. The average molecular weight is 207 g/mol. The lowest BCUT2D eigenvalue weighted by molar-refractivity contribution is 0.253. The van der Waals surface area contributed by atoms with Crippen molar-refractivity contribution in [2.24, 2.45) is 0 Å². The van der Waals surface area contributed by atoms with E-state index >= 15 is 0 Å². The molecule has 0 saturated heterocycles. The number of rotatable bonds is 3. The standard InChI is InChI=1S/C12H17NO2/c1-4-14-9-6-11(13-3)10-5-8(2)15-12(10)7-9/h6-8,13H,4-5H2,1-3H3/t8-/m1/s1. The van der Waals surface area contributed by atoms with E-state index in [0.717, 1.165) is 23.6 Å². The molecule has 15 heavy (non-hydrogen) atoms. The van der Waals surface area contributed by atoms with Crippen molar-refractivity contribution in [3.63, 3.8) is 0 Å². The van der Waals surface area contributed by atoms with Crippen molar-refractivity contribution in [1.82, 2.24) is 0 Å². The largest absolute Gasteiger partial charge is 0.494 e. The fourth-order valence-corrected chi connectivity index (χ4v) is 1.95. The lowest BCUT2D eigenvalue weighted by Crippen LogP contribution is -2.05. The Kier molecular flexibility index (Phi) is 2.71. The lowest BCUT2D eigenvalue weighted by Gasteiger charge is -2.10. The molecule has 3 nitrogen and oxygen atoms in total. The summed E-state index contributed by atoms with van der Waals surface area (Å²) in [6.45, 7) is 4.74. The van der Waals surface area contributed by atoms with Crippen LogP contribution >= 0.6 is 0 Å². The second kappa shape index (κ2) is 4.01. The molecule has 1 atom stereocenters. The molecule has 0 unspecified atom stereocenters. The summed E-state index contributed by atoms with van der Waals surface area (Å²) in [6.07, 6.45) is 1.24. The van der Waals surface area contributed by atoms with Crippen LogP contribution in [0.5, 0.6) is 11.5 Å². The number of fused-ring (bicyclic) bond motifs is 1. The normalized spacial score (nSPS) is 18.2. The highest BCUT2D eigenvalue weighted by molar-refractivity contribution is 5.62. The highest BCUT2D eigenvalue weighted by Gasteiger charge is 2.22. The van der Waals surface area contributed by atoms with Gasteiger partial charge < -0.3 is 14.8 Å². The van der Waals surface area contributed by atoms with Crippen molar-refractivity contribution < 1.29 is 9.47 Å². The lowest BCUT2D eigenvalue weighted by atomic mass is 10.1. The summed E-state index contributed by atoms with van der Waals surface area (Å²) in [6, 6.07) is 4.01. The molecule has 1 aliphatic rings. The Labute approximate surface area is 90.4 Å². The first kappa shape index (κ1) is 10.1. The summed E-state index contributed by atoms with van der Waals surface area (Å²) >= 11 is 0. The third-order valence-electron chi connectivity index (χ3n) is 2.58. The van der Waals surface area contributed by atoms with Crippen LogP contribution in [0.25, 0.3) is 0 Å². The fourth-order valence-electron chi connectivity index (χ4n) is 1.95. The molecule has 82 valence electrons. The number of benzene rings is 1. The topological polar surface area (TPSA) is 30.5 Å². The minimum atomic E-state index is 0.268. The summed E-state index contributed by atoms with van der Waals surface area (Å²) in [5, 5.41) is 3.19. The molecule has 0 amide bonds. The zero-order valence-electron chi connectivity index (χ0n) is 9.46. The molecule has 3 heteroatoms. The highest BCUT2D eigenvalue weighted by Crippen LogP contribution is 2.38. The molecular formula is C12H17NO2. The number of anilines is 1. The molecule has 1 aromatic rings. The van der Waals surface area contributed by atoms with E-state index in [1.165, 1.54) is 5.56 Å². The molecule has 0 aliphatic carbocycles. The van der Waals surface area contributed by atoms with Gasteiger partial charge in [-0.05, 0) is 13.8 Å². The maximum atomic E-state index is 5.72. The van der Waals surface area contributed by atoms with Gasteiger partial charge in [-0.1, -0.05) is 0 Å². The van der Waals surface area contributed by atoms with Crippen LogP contribution in [-0.4, -0.2) is 19.8 Å². The van der Waals surface area contributed by atoms with Crippen LogP contribution in [0.1, 0.15) is 19.4 Å². The molecule has 0 fully saturated rings. The Morgan fingerprint density at radius 1 is 1.53 bits per heavy atom. The van der Waals surface area contributed by atoms with E-state index in [9.17, 15) is 0 Å². The Morgan fingerprint density at radius 2 is 2.33 bits per heavy atom. The van der Waals surface area contributed by atoms with Gasteiger partial charge in [0.25, 0.3) is 0 Å². The van der Waals surface area contributed by atoms with Crippen LogP contribution in [0.2, 0.25) is 0 Å². The van der Waals surface area contributed by atoms with E-state index < -0.39 is 0 Å². The van der Waals surface area contributed by atoms with Crippen LogP contribution in [0, 0.1) is 0 Å². The Hall–Kier alpha value is -1.38. The molecule has 0 radical (unpaired) electrons. The van der Waals surface area contributed by atoms with Gasteiger partial charge in [-0.15, -0.1) is 0 Å². The molecule has 1 heterocycles.